The van der Waals surface area contributed by atoms with Gasteiger partial charge in [-0.3, -0.25) is 14.6 Å². The molecule has 1 unspecified atom stereocenters. The SMILES string of the molecule is O=C(NCCc1ccncc1)C1CN(C(=O)CC2CCCC2)CC12CCOCC2. The van der Waals surface area contributed by atoms with Gasteiger partial charge in [0.2, 0.25) is 11.8 Å². The summed E-state index contributed by atoms with van der Waals surface area (Å²) < 4.78 is 5.59. The largest absolute Gasteiger partial charge is 0.381 e. The van der Waals surface area contributed by atoms with Gasteiger partial charge >= 0.3 is 0 Å². The van der Waals surface area contributed by atoms with Crippen LogP contribution in [0.15, 0.2) is 24.5 Å². The van der Waals surface area contributed by atoms with Crippen LogP contribution in [0.1, 0.15) is 50.5 Å². The van der Waals surface area contributed by atoms with Crippen LogP contribution >= 0.6 is 0 Å². The maximum Gasteiger partial charge on any atom is 0.225 e. The first-order valence-electron chi connectivity index (χ1n) is 11.2. The van der Waals surface area contributed by atoms with Crippen molar-refractivity contribution in [2.75, 3.05) is 32.8 Å². The topological polar surface area (TPSA) is 71.5 Å². The van der Waals surface area contributed by atoms with Gasteiger partial charge in [-0.15, -0.1) is 0 Å². The molecule has 3 heterocycles. The second-order valence-corrected chi connectivity index (χ2v) is 9.05. The molecule has 1 N–H and O–H groups in total. The quantitative estimate of drug-likeness (QED) is 0.798. The Morgan fingerprint density at radius 2 is 1.90 bits per heavy atom. The highest BCUT2D eigenvalue weighted by atomic mass is 16.5. The molecule has 1 saturated carbocycles. The summed E-state index contributed by atoms with van der Waals surface area (Å²) in [7, 11) is 0. The zero-order valence-electron chi connectivity index (χ0n) is 17.3. The van der Waals surface area contributed by atoms with E-state index in [-0.39, 0.29) is 23.1 Å². The molecule has 158 valence electrons. The number of carbonyl (C=O) groups is 2. The lowest BCUT2D eigenvalue weighted by Gasteiger charge is -2.37. The summed E-state index contributed by atoms with van der Waals surface area (Å²) in [4.78, 5) is 32.1. The van der Waals surface area contributed by atoms with Gasteiger partial charge < -0.3 is 15.0 Å². The number of pyridine rings is 1. The summed E-state index contributed by atoms with van der Waals surface area (Å²) in [5.41, 5.74) is 1.05. The van der Waals surface area contributed by atoms with Crippen molar-refractivity contribution in [1.29, 1.82) is 0 Å². The van der Waals surface area contributed by atoms with Crippen LogP contribution in [0.2, 0.25) is 0 Å². The number of ether oxygens (including phenoxy) is 1. The minimum absolute atomic E-state index is 0.0946. The highest BCUT2D eigenvalue weighted by molar-refractivity contribution is 5.83. The minimum Gasteiger partial charge on any atom is -0.381 e. The Labute approximate surface area is 173 Å². The van der Waals surface area contributed by atoms with Gasteiger partial charge in [-0.25, -0.2) is 0 Å². The number of carbonyl (C=O) groups excluding carboxylic acids is 2. The summed E-state index contributed by atoms with van der Waals surface area (Å²) in [5, 5.41) is 3.14. The molecule has 29 heavy (non-hydrogen) atoms. The minimum atomic E-state index is -0.128. The number of hydrogen-bond donors (Lipinski definition) is 1. The van der Waals surface area contributed by atoms with Crippen molar-refractivity contribution in [3.8, 4) is 0 Å². The van der Waals surface area contributed by atoms with Crippen molar-refractivity contribution in [1.82, 2.24) is 15.2 Å². The second kappa shape index (κ2) is 9.24. The molecular formula is C23H33N3O3. The number of hydrogen-bond acceptors (Lipinski definition) is 4. The molecule has 6 nitrogen and oxygen atoms in total. The first-order chi connectivity index (χ1) is 14.2. The molecule has 0 radical (unpaired) electrons. The standard InChI is InChI=1S/C23H33N3O3/c27-21(15-19-3-1-2-4-19)26-16-20(23(17-26)8-13-29-14-9-23)22(28)25-12-7-18-5-10-24-11-6-18/h5-6,10-11,19-20H,1-4,7-9,12-17H2,(H,25,28). The monoisotopic (exact) mass is 399 g/mol. The van der Waals surface area contributed by atoms with Gasteiger partial charge in [-0.05, 0) is 55.7 Å². The van der Waals surface area contributed by atoms with E-state index in [4.69, 9.17) is 4.74 Å². The molecule has 0 aromatic carbocycles. The summed E-state index contributed by atoms with van der Waals surface area (Å²) in [5.74, 6) is 0.754. The van der Waals surface area contributed by atoms with E-state index in [2.05, 4.69) is 10.3 Å². The maximum absolute atomic E-state index is 13.1. The number of amides is 2. The van der Waals surface area contributed by atoms with E-state index in [0.717, 1.165) is 19.3 Å². The third-order valence-corrected chi connectivity index (χ3v) is 7.21. The van der Waals surface area contributed by atoms with Crippen molar-refractivity contribution < 1.29 is 14.3 Å². The molecule has 2 saturated heterocycles. The van der Waals surface area contributed by atoms with Gasteiger partial charge in [-0.1, -0.05) is 12.8 Å². The van der Waals surface area contributed by atoms with Crippen LogP contribution in [0.25, 0.3) is 0 Å². The van der Waals surface area contributed by atoms with Crippen LogP contribution in [0.4, 0.5) is 0 Å². The molecule has 1 aliphatic carbocycles. The maximum atomic E-state index is 13.1. The fourth-order valence-corrected chi connectivity index (χ4v) is 5.40. The zero-order chi connectivity index (χ0) is 20.1. The Balaban J connectivity index is 1.37. The van der Waals surface area contributed by atoms with E-state index in [1.807, 2.05) is 17.0 Å². The van der Waals surface area contributed by atoms with Crippen LogP contribution in [0.3, 0.4) is 0 Å². The van der Waals surface area contributed by atoms with Crippen LogP contribution in [0, 0.1) is 17.3 Å². The molecule has 1 spiro atoms. The van der Waals surface area contributed by atoms with E-state index in [0.29, 0.717) is 45.2 Å². The van der Waals surface area contributed by atoms with E-state index in [1.54, 1.807) is 12.4 Å². The zero-order valence-corrected chi connectivity index (χ0v) is 17.3. The molecule has 0 bridgehead atoms. The Kier molecular flexibility index (Phi) is 6.48. The van der Waals surface area contributed by atoms with Crippen molar-refractivity contribution in [3.05, 3.63) is 30.1 Å². The van der Waals surface area contributed by atoms with E-state index in [1.165, 1.54) is 31.2 Å². The predicted molar refractivity (Wildman–Crippen MR) is 110 cm³/mol. The molecule has 1 atom stereocenters. The van der Waals surface area contributed by atoms with Crippen LogP contribution < -0.4 is 5.32 Å². The summed E-state index contributed by atoms with van der Waals surface area (Å²) in [6.07, 6.45) is 11.6. The van der Waals surface area contributed by atoms with E-state index in [9.17, 15) is 9.59 Å². The third-order valence-electron chi connectivity index (χ3n) is 7.21. The normalized spacial score (nSPS) is 24.1. The fourth-order valence-electron chi connectivity index (χ4n) is 5.40. The Bertz CT molecular complexity index is 697. The predicted octanol–water partition coefficient (Wildman–Crippen LogP) is 2.58. The molecule has 2 aliphatic heterocycles. The number of nitrogens with one attached hydrogen (secondary N) is 1. The average molecular weight is 400 g/mol. The van der Waals surface area contributed by atoms with Crippen LogP contribution in [-0.2, 0) is 20.7 Å². The first kappa shape index (κ1) is 20.3. The Hall–Kier alpha value is -1.95. The Morgan fingerprint density at radius 3 is 2.62 bits per heavy atom. The highest BCUT2D eigenvalue weighted by Gasteiger charge is 2.51. The van der Waals surface area contributed by atoms with Crippen molar-refractivity contribution in [2.24, 2.45) is 17.3 Å². The lowest BCUT2D eigenvalue weighted by atomic mass is 9.71. The van der Waals surface area contributed by atoms with Gasteiger partial charge in [0.15, 0.2) is 0 Å². The van der Waals surface area contributed by atoms with Crippen molar-refractivity contribution in [2.45, 2.75) is 51.4 Å². The second-order valence-electron chi connectivity index (χ2n) is 9.05. The van der Waals surface area contributed by atoms with Gasteiger partial charge in [0.25, 0.3) is 0 Å². The van der Waals surface area contributed by atoms with Crippen molar-refractivity contribution in [3.63, 3.8) is 0 Å². The van der Waals surface area contributed by atoms with Gasteiger partial charge in [0, 0.05) is 57.1 Å². The molecule has 1 aromatic rings. The van der Waals surface area contributed by atoms with Gasteiger partial charge in [0.1, 0.15) is 0 Å². The molecule has 6 heteroatoms. The highest BCUT2D eigenvalue weighted by Crippen LogP contribution is 2.45. The van der Waals surface area contributed by atoms with E-state index < -0.39 is 0 Å². The number of likely N-dealkylation sites (tertiary alicyclic amines) is 1. The molecule has 2 amide bonds. The summed E-state index contributed by atoms with van der Waals surface area (Å²) >= 11 is 0. The van der Waals surface area contributed by atoms with Crippen molar-refractivity contribution >= 4 is 11.8 Å². The van der Waals surface area contributed by atoms with Gasteiger partial charge in [-0.2, -0.15) is 0 Å². The third kappa shape index (κ3) is 4.80. The number of aromatic nitrogens is 1. The van der Waals surface area contributed by atoms with E-state index >= 15 is 0 Å². The lowest BCUT2D eigenvalue weighted by Crippen LogP contribution is -2.44. The van der Waals surface area contributed by atoms with Gasteiger partial charge in [0.05, 0.1) is 5.92 Å². The number of nitrogens with zero attached hydrogens (tertiary/aromatic N) is 2. The summed E-state index contributed by atoms with van der Waals surface area (Å²) in [6, 6.07) is 3.95. The molecule has 1 aromatic heterocycles. The average Bonchev–Trinajstić information content (AvgIpc) is 3.38. The molecular weight excluding hydrogens is 366 g/mol. The van der Waals surface area contributed by atoms with Crippen LogP contribution in [0.5, 0.6) is 0 Å². The summed E-state index contributed by atoms with van der Waals surface area (Å²) in [6.45, 7) is 3.26. The molecule has 3 aliphatic rings. The molecule has 4 rings (SSSR count). The molecule has 3 fully saturated rings. The lowest BCUT2D eigenvalue weighted by molar-refractivity contribution is -0.131. The first-order valence-corrected chi connectivity index (χ1v) is 11.2. The smallest absolute Gasteiger partial charge is 0.225 e. The Morgan fingerprint density at radius 1 is 1.17 bits per heavy atom. The fraction of sp³-hybridized carbons (Fsp3) is 0.696. The van der Waals surface area contributed by atoms with Crippen LogP contribution in [-0.4, -0.2) is 54.5 Å². The number of rotatable bonds is 6.